The molecular weight excluding hydrogens is 154 g/mol. The smallest absolute Gasteiger partial charge is 0.136 e. The van der Waals surface area contributed by atoms with Crippen LogP contribution in [0.3, 0.4) is 0 Å². The Hall–Kier alpha value is -0.880. The quantitative estimate of drug-likeness (QED) is 0.636. The third-order valence-corrected chi connectivity index (χ3v) is 2.00. The van der Waals surface area contributed by atoms with E-state index in [1.165, 1.54) is 0 Å². The first-order valence-corrected chi connectivity index (χ1v) is 4.12. The molecule has 0 atom stereocenters. The van der Waals surface area contributed by atoms with Crippen LogP contribution in [-0.4, -0.2) is 18.5 Å². The number of nitrogens with zero attached hydrogens (tertiary/aromatic N) is 1. The number of Topliss-reactive ketones (excluding diaryl/α,β-unsaturated/α-hetero) is 1. The van der Waals surface area contributed by atoms with Crippen LogP contribution in [0, 0.1) is 16.7 Å². The zero-order valence-electron chi connectivity index (χ0n) is 7.46. The number of ketones is 1. The second-order valence-corrected chi connectivity index (χ2v) is 3.64. The zero-order valence-corrected chi connectivity index (χ0v) is 7.46. The molecule has 0 heterocycles. The number of ether oxygens (including phenoxy) is 1. The molecule has 12 heavy (non-hydrogen) atoms. The highest BCUT2D eigenvalue weighted by molar-refractivity contribution is 5.87. The van der Waals surface area contributed by atoms with Gasteiger partial charge in [-0.3, -0.25) is 4.79 Å². The molecule has 3 heteroatoms. The maximum atomic E-state index is 10.7. The molecule has 3 nitrogen and oxygen atoms in total. The van der Waals surface area contributed by atoms with E-state index >= 15 is 0 Å². The molecule has 0 aliphatic heterocycles. The van der Waals surface area contributed by atoms with E-state index in [2.05, 4.69) is 6.07 Å². The van der Waals surface area contributed by atoms with E-state index in [-0.39, 0.29) is 11.9 Å². The summed E-state index contributed by atoms with van der Waals surface area (Å²) < 4.78 is 5.31. The van der Waals surface area contributed by atoms with Crippen molar-refractivity contribution in [2.75, 3.05) is 6.61 Å². The lowest BCUT2D eigenvalue weighted by Crippen LogP contribution is -2.40. The lowest BCUT2D eigenvalue weighted by Gasteiger charge is -2.33. The van der Waals surface area contributed by atoms with Gasteiger partial charge in [0.15, 0.2) is 0 Å². The van der Waals surface area contributed by atoms with E-state index in [1.807, 2.05) is 13.8 Å². The number of carbonyl (C=O) groups is 1. The van der Waals surface area contributed by atoms with Gasteiger partial charge in [0.25, 0.3) is 0 Å². The SMILES string of the molecule is CC(C)OCC1(C#N)CC(=O)C1. The van der Waals surface area contributed by atoms with E-state index < -0.39 is 5.41 Å². The van der Waals surface area contributed by atoms with Crippen LogP contribution < -0.4 is 0 Å². The molecule has 0 radical (unpaired) electrons. The Bertz CT molecular complexity index is 219. The summed E-state index contributed by atoms with van der Waals surface area (Å²) in [5, 5.41) is 8.78. The van der Waals surface area contributed by atoms with Crippen LogP contribution in [0.25, 0.3) is 0 Å². The van der Waals surface area contributed by atoms with Crippen LogP contribution in [-0.2, 0) is 9.53 Å². The average molecular weight is 167 g/mol. The van der Waals surface area contributed by atoms with Crippen LogP contribution in [0.15, 0.2) is 0 Å². The molecule has 0 saturated heterocycles. The highest BCUT2D eigenvalue weighted by Crippen LogP contribution is 2.37. The van der Waals surface area contributed by atoms with Gasteiger partial charge in [-0.2, -0.15) is 5.26 Å². The van der Waals surface area contributed by atoms with Crippen molar-refractivity contribution >= 4 is 5.78 Å². The Morgan fingerprint density at radius 3 is 2.58 bits per heavy atom. The molecule has 66 valence electrons. The molecule has 0 N–H and O–H groups in total. The van der Waals surface area contributed by atoms with Crippen LogP contribution in [0.1, 0.15) is 26.7 Å². The normalized spacial score (nSPS) is 20.3. The molecule has 1 aliphatic carbocycles. The number of carbonyl (C=O) groups excluding carboxylic acids is 1. The van der Waals surface area contributed by atoms with Crippen molar-refractivity contribution in [1.29, 1.82) is 5.26 Å². The molecule has 0 aromatic rings. The van der Waals surface area contributed by atoms with Crippen molar-refractivity contribution in [2.45, 2.75) is 32.8 Å². The summed E-state index contributed by atoms with van der Waals surface area (Å²) in [5.74, 6) is 0.170. The van der Waals surface area contributed by atoms with Gasteiger partial charge < -0.3 is 4.74 Å². The van der Waals surface area contributed by atoms with Gasteiger partial charge in [-0.05, 0) is 13.8 Å². The van der Waals surface area contributed by atoms with Crippen molar-refractivity contribution in [2.24, 2.45) is 5.41 Å². The van der Waals surface area contributed by atoms with Crippen molar-refractivity contribution in [3.63, 3.8) is 0 Å². The van der Waals surface area contributed by atoms with Crippen LogP contribution in [0.5, 0.6) is 0 Å². The van der Waals surface area contributed by atoms with E-state index in [0.717, 1.165) is 0 Å². The summed E-state index contributed by atoms with van der Waals surface area (Å²) in [6.45, 7) is 4.24. The fourth-order valence-electron chi connectivity index (χ4n) is 1.24. The third kappa shape index (κ3) is 1.83. The fraction of sp³-hybridized carbons (Fsp3) is 0.778. The number of hydrogen-bond donors (Lipinski definition) is 0. The van der Waals surface area contributed by atoms with Crippen molar-refractivity contribution < 1.29 is 9.53 Å². The summed E-state index contributed by atoms with van der Waals surface area (Å²) in [7, 11) is 0. The van der Waals surface area contributed by atoms with Gasteiger partial charge in [0.1, 0.15) is 5.78 Å². The Balaban J connectivity index is 2.39. The monoisotopic (exact) mass is 167 g/mol. The minimum absolute atomic E-state index is 0.130. The van der Waals surface area contributed by atoms with Gasteiger partial charge in [-0.15, -0.1) is 0 Å². The second-order valence-electron chi connectivity index (χ2n) is 3.64. The van der Waals surface area contributed by atoms with E-state index in [0.29, 0.717) is 19.4 Å². The standard InChI is InChI=1S/C9H13NO2/c1-7(2)12-6-9(5-10)3-8(11)4-9/h7H,3-4,6H2,1-2H3. The van der Waals surface area contributed by atoms with Gasteiger partial charge in [-0.1, -0.05) is 0 Å². The third-order valence-electron chi connectivity index (χ3n) is 2.00. The number of rotatable bonds is 3. The predicted octanol–water partition coefficient (Wildman–Crippen LogP) is 1.28. The summed E-state index contributed by atoms with van der Waals surface area (Å²) in [4.78, 5) is 10.7. The van der Waals surface area contributed by atoms with Crippen molar-refractivity contribution in [3.05, 3.63) is 0 Å². The maximum absolute atomic E-state index is 10.7. The molecule has 0 aromatic heterocycles. The van der Waals surface area contributed by atoms with Gasteiger partial charge >= 0.3 is 0 Å². The second kappa shape index (κ2) is 3.24. The molecule has 1 rings (SSSR count). The summed E-state index contributed by atoms with van der Waals surface area (Å²) in [5.41, 5.74) is -0.499. The molecule has 0 unspecified atom stereocenters. The highest BCUT2D eigenvalue weighted by atomic mass is 16.5. The largest absolute Gasteiger partial charge is 0.377 e. The summed E-state index contributed by atoms with van der Waals surface area (Å²) in [6, 6.07) is 2.15. The van der Waals surface area contributed by atoms with Crippen LogP contribution in [0.4, 0.5) is 0 Å². The molecule has 1 fully saturated rings. The first kappa shape index (κ1) is 9.21. The molecule has 0 bridgehead atoms. The van der Waals surface area contributed by atoms with Crippen LogP contribution in [0.2, 0.25) is 0 Å². The van der Waals surface area contributed by atoms with Gasteiger partial charge in [0, 0.05) is 12.8 Å². The Morgan fingerprint density at radius 2 is 2.25 bits per heavy atom. The molecule has 1 saturated carbocycles. The van der Waals surface area contributed by atoms with Crippen LogP contribution >= 0.6 is 0 Å². The van der Waals surface area contributed by atoms with Gasteiger partial charge in [-0.25, -0.2) is 0 Å². The topological polar surface area (TPSA) is 50.1 Å². The van der Waals surface area contributed by atoms with Crippen molar-refractivity contribution in [1.82, 2.24) is 0 Å². The lowest BCUT2D eigenvalue weighted by molar-refractivity contribution is -0.133. The highest BCUT2D eigenvalue weighted by Gasteiger charge is 2.44. The van der Waals surface area contributed by atoms with E-state index in [4.69, 9.17) is 10.00 Å². The molecule has 0 aromatic carbocycles. The Kier molecular flexibility index (Phi) is 2.49. The minimum atomic E-state index is -0.499. The molecule has 0 spiro atoms. The first-order chi connectivity index (χ1) is 5.58. The summed E-state index contributed by atoms with van der Waals surface area (Å²) >= 11 is 0. The molecule has 0 amide bonds. The average Bonchev–Trinajstić information content (AvgIpc) is 1.95. The molecular formula is C9H13NO2. The summed E-state index contributed by atoms with van der Waals surface area (Å²) in [6.07, 6.45) is 0.873. The minimum Gasteiger partial charge on any atom is -0.377 e. The Morgan fingerprint density at radius 1 is 1.67 bits per heavy atom. The first-order valence-electron chi connectivity index (χ1n) is 4.12. The maximum Gasteiger partial charge on any atom is 0.136 e. The van der Waals surface area contributed by atoms with Gasteiger partial charge in [0.2, 0.25) is 0 Å². The van der Waals surface area contributed by atoms with E-state index in [1.54, 1.807) is 0 Å². The lowest BCUT2D eigenvalue weighted by atomic mass is 9.69. The van der Waals surface area contributed by atoms with Crippen molar-refractivity contribution in [3.8, 4) is 6.07 Å². The zero-order chi connectivity index (χ0) is 9.19. The number of hydrogen-bond acceptors (Lipinski definition) is 3. The Labute approximate surface area is 72.3 Å². The van der Waals surface area contributed by atoms with Gasteiger partial charge in [0.05, 0.1) is 24.2 Å². The number of nitriles is 1. The van der Waals surface area contributed by atoms with E-state index in [9.17, 15) is 4.79 Å². The fourth-order valence-corrected chi connectivity index (χ4v) is 1.24. The predicted molar refractivity (Wildman–Crippen MR) is 43.4 cm³/mol. The molecule has 1 aliphatic rings.